The molecule has 38 nitrogen and oxygen atoms in total. The van der Waals surface area contributed by atoms with Crippen LogP contribution in [0.5, 0.6) is 5.75 Å². The largest absolute Gasteiger partial charge is 0.508 e. The van der Waals surface area contributed by atoms with E-state index in [1.54, 1.807) is 36.4 Å². The van der Waals surface area contributed by atoms with Crippen LogP contribution in [0.4, 0.5) is 0 Å². The van der Waals surface area contributed by atoms with Crippen LogP contribution in [-0.2, 0) is 70.3 Å². The van der Waals surface area contributed by atoms with Gasteiger partial charge in [-0.1, -0.05) is 18.2 Å². The number of carboxylic acids is 2. The molecule has 2 unspecified atom stereocenters. The summed E-state index contributed by atoms with van der Waals surface area (Å²) in [5.41, 5.74) is -0.264. The second kappa shape index (κ2) is 33.2. The van der Waals surface area contributed by atoms with Gasteiger partial charge in [-0.25, -0.2) is 18.7 Å². The van der Waals surface area contributed by atoms with Crippen molar-refractivity contribution >= 4 is 74.0 Å². The number of phenols is 1. The fraction of sp³-hybridized carbons (Fsp3) is 0.466. The normalized spacial score (nSPS) is 23.1. The number of aliphatic hydroxyl groups is 5. The molecule has 3 aliphatic heterocycles. The molecule has 98 heavy (non-hydrogen) atoms. The summed E-state index contributed by atoms with van der Waals surface area (Å²) in [6.07, 6.45) is -19.9. The summed E-state index contributed by atoms with van der Waals surface area (Å²) < 4.78 is 61.8. The van der Waals surface area contributed by atoms with Crippen LogP contribution in [0, 0.1) is 0 Å². The molecule has 2 aromatic carbocycles. The Kier molecular flexibility index (Phi) is 26.0. The van der Waals surface area contributed by atoms with E-state index in [2.05, 4.69) is 45.3 Å². The van der Waals surface area contributed by atoms with E-state index < -0.39 is 192 Å². The van der Waals surface area contributed by atoms with Crippen LogP contribution in [0.25, 0.3) is 33.4 Å². The number of rotatable bonds is 32. The van der Waals surface area contributed by atoms with Crippen LogP contribution in [0.3, 0.4) is 0 Å². The van der Waals surface area contributed by atoms with Gasteiger partial charge in [0, 0.05) is 59.4 Å². The molecular formula is C58H72N8O30P2. The van der Waals surface area contributed by atoms with Crippen molar-refractivity contribution in [2.45, 2.75) is 151 Å². The molecule has 3 aromatic rings. The van der Waals surface area contributed by atoms with E-state index in [9.17, 15) is 113 Å². The van der Waals surface area contributed by atoms with Gasteiger partial charge in [0.15, 0.2) is 17.9 Å². The molecule has 17 atom stereocenters. The Labute approximate surface area is 552 Å². The molecule has 4 heterocycles. The number of carbonyl (C=O) groups excluding carboxylic acids is 6. The zero-order valence-electron chi connectivity index (χ0n) is 52.2. The monoisotopic (exact) mass is 1420 g/mol. The number of aromatic nitrogens is 2. The fourth-order valence-corrected chi connectivity index (χ4v) is 12.2. The predicted octanol–water partition coefficient (Wildman–Crippen LogP) is -2.76. The molecule has 2 saturated heterocycles. The molecule has 6 amide bonds. The first-order chi connectivity index (χ1) is 46.0. The van der Waals surface area contributed by atoms with E-state index in [1.165, 1.54) is 38.1 Å². The number of nitrogens with one attached hydrogen (secondary N) is 7. The second-order valence-corrected chi connectivity index (χ2v) is 25.7. The predicted molar refractivity (Wildman–Crippen MR) is 331 cm³/mol. The van der Waals surface area contributed by atoms with Gasteiger partial charge in [-0.3, -0.25) is 61.7 Å². The zero-order chi connectivity index (χ0) is 72.2. The molecule has 0 saturated carbocycles. The number of hydrogen-bond donors (Lipinski definition) is 17. The van der Waals surface area contributed by atoms with Crippen molar-refractivity contribution in [3.05, 3.63) is 110 Å². The topological polar surface area (TPSA) is 586 Å². The lowest BCUT2D eigenvalue weighted by molar-refractivity contribution is -0.283. The number of nitrogens with zero attached hydrogens (tertiary/aromatic N) is 1. The van der Waals surface area contributed by atoms with E-state index in [4.69, 9.17) is 18.6 Å². The van der Waals surface area contributed by atoms with E-state index in [0.717, 1.165) is 26.1 Å². The lowest BCUT2D eigenvalue weighted by atomic mass is 9.90. The number of phosphoric ester groups is 2. The summed E-state index contributed by atoms with van der Waals surface area (Å²) in [4.78, 5) is 163. The number of benzene rings is 3. The number of amides is 6. The highest BCUT2D eigenvalue weighted by Crippen LogP contribution is 2.61. The molecule has 2 fully saturated rings. The molecule has 17 N–H and O–H groups in total. The number of aromatic hydroxyl groups is 1. The number of aromatic amines is 1. The molecule has 0 radical (unpaired) electrons. The smallest absolute Gasteiger partial charge is 0.483 e. The van der Waals surface area contributed by atoms with Crippen LogP contribution in [0.1, 0.15) is 76.4 Å². The number of carbonyl (C=O) groups is 8. The van der Waals surface area contributed by atoms with Crippen LogP contribution < -0.4 is 48.6 Å². The Morgan fingerprint density at radius 2 is 1.31 bits per heavy atom. The zero-order valence-corrected chi connectivity index (χ0v) is 54.0. The Hall–Kier alpha value is -8.69. The lowest BCUT2D eigenvalue weighted by Gasteiger charge is -2.40. The fourth-order valence-electron chi connectivity index (χ4n) is 10.0. The summed E-state index contributed by atoms with van der Waals surface area (Å²) in [5, 5.41) is 96.9. The molecule has 0 spiro atoms. The number of carboxylic acid groups (broad SMARTS) is 2. The number of hydrogen-bond acceptors (Lipinski definition) is 26. The van der Waals surface area contributed by atoms with Crippen molar-refractivity contribution in [3.63, 3.8) is 0 Å². The maximum atomic E-state index is 13.9. The van der Waals surface area contributed by atoms with Gasteiger partial charge in [-0.15, -0.1) is 0 Å². The van der Waals surface area contributed by atoms with Crippen molar-refractivity contribution < 1.29 is 130 Å². The maximum Gasteiger partial charge on any atom is 0.483 e. The van der Waals surface area contributed by atoms with E-state index >= 15 is 0 Å². The van der Waals surface area contributed by atoms with Crippen LogP contribution in [-0.4, -0.2) is 213 Å². The minimum absolute atomic E-state index is 0.0214. The van der Waals surface area contributed by atoms with Gasteiger partial charge < -0.3 is 101 Å². The molecule has 1 aromatic heterocycles. The highest BCUT2D eigenvalue weighted by molar-refractivity contribution is 7.61. The van der Waals surface area contributed by atoms with Gasteiger partial charge >= 0.3 is 33.3 Å². The number of aliphatic carboxylic acids is 2. The lowest BCUT2D eigenvalue weighted by Crippen LogP contribution is -2.59. The first kappa shape index (κ1) is 76.7. The summed E-state index contributed by atoms with van der Waals surface area (Å²) in [5.74, 6) is -8.34. The minimum atomic E-state index is -5.92. The third kappa shape index (κ3) is 20.0. The van der Waals surface area contributed by atoms with E-state index in [0.29, 0.717) is 26.6 Å². The SMILES string of the molecule is C[C@H](NC(=O)[C@H](C)OC[C@H]1O[C@H](OP(=O)(O)OP(=O)(O)OC[C@H]2O[C@@H](n3ccc(=O)[nH]c3=O)[C@H](O)[C@@H]2O)[C@H](O)[C@@H](O)[C@@H]1O)C(=O)N[C@H](CCC(=O)N[C@@H](CCCCNC(=O)c1ccccc1-c1c2ccc(=O)cc-2oc2cc(O)ccc12)C(=O)N[C@H](C)C(=O)N[C@H](C)C(=O)O)C(=O)O. The summed E-state index contributed by atoms with van der Waals surface area (Å²) in [6.45, 7) is 2.63. The molecule has 7 rings (SSSR count). The Balaban J connectivity index is 0.892. The number of phenolic OH excluding ortho intramolecular Hbond substituents is 1. The molecule has 40 heteroatoms. The van der Waals surface area contributed by atoms with Crippen molar-refractivity contribution in [2.75, 3.05) is 19.8 Å². The number of unbranched alkanes of at least 4 members (excludes halogenated alkanes) is 1. The average Bonchev–Trinajstić information content (AvgIpc) is 0.938. The summed E-state index contributed by atoms with van der Waals surface area (Å²) in [7, 11) is -11.7. The molecule has 0 bridgehead atoms. The highest BCUT2D eigenvalue weighted by atomic mass is 31.3. The van der Waals surface area contributed by atoms with Crippen LogP contribution in [0.15, 0.2) is 91.7 Å². The van der Waals surface area contributed by atoms with Crippen molar-refractivity contribution in [2.24, 2.45) is 0 Å². The summed E-state index contributed by atoms with van der Waals surface area (Å²) in [6, 6.07) is 8.66. The first-order valence-electron chi connectivity index (χ1n) is 29.9. The third-order valence-corrected chi connectivity index (χ3v) is 17.9. The third-order valence-electron chi connectivity index (χ3n) is 15.3. The molecule has 4 aliphatic rings. The molecule has 534 valence electrons. The van der Waals surface area contributed by atoms with Crippen LogP contribution >= 0.6 is 15.6 Å². The second-order valence-electron chi connectivity index (χ2n) is 22.7. The Bertz CT molecular complexity index is 4020. The average molecular weight is 1420 g/mol. The van der Waals surface area contributed by atoms with Crippen molar-refractivity contribution in [1.29, 1.82) is 0 Å². The molecule has 1 aliphatic carbocycles. The number of phosphoric acid groups is 2. The van der Waals surface area contributed by atoms with Gasteiger partial charge in [0.1, 0.15) is 96.1 Å². The first-order valence-corrected chi connectivity index (χ1v) is 32.9. The van der Waals surface area contributed by atoms with E-state index in [1.807, 2.05) is 4.98 Å². The number of H-pyrrole nitrogens is 1. The van der Waals surface area contributed by atoms with Gasteiger partial charge in [-0.2, -0.15) is 4.31 Å². The van der Waals surface area contributed by atoms with Gasteiger partial charge in [-0.05, 0) is 89.3 Å². The van der Waals surface area contributed by atoms with Gasteiger partial charge in [0.25, 0.3) is 11.5 Å². The Morgan fingerprint density at radius 3 is 1.99 bits per heavy atom. The standard InChI is InChI=1S/C58H72N8O30P2/c1-25(49(76)62-27(3)55(81)82)61-53(80)35(11-7-8-19-59-52(79)32-10-6-5-9-31(32)43-33-14-12-29(67)21-37(33)92-38-22-30(68)13-15-34(38)43)63-41(69)17-16-36(56(83)84)64-50(77)26(2)60-51(78)28(4)90-23-39-44(71)46(73)48(75)57(94-39)95-98(88,89)96-97(86,87)91-24-40-45(72)47(74)54(93-40)66-20-18-42(70)65-58(66)85/h5-6,9-10,12-15,18,20-22,25-28,35-36,39-40,44-48,54,57,67,71-75H,7-8,11,16-17,19,23-24H2,1-4H3,(H,59,79)(H,60,78)(H,61,80)(H,62,76)(H,63,69)(H,64,77)(H,81,82)(H,83,84)(H,86,87)(H,88,89)(H,65,70,85)/t25-,26+,27-,28+,35+,36-,39-,40-,44-,45-,46+,47-,48-,54-,57-/m1/s1. The van der Waals surface area contributed by atoms with Gasteiger partial charge in [0.05, 0.1) is 13.2 Å². The van der Waals surface area contributed by atoms with Crippen molar-refractivity contribution in [1.82, 2.24) is 41.5 Å². The Morgan fingerprint density at radius 1 is 0.653 bits per heavy atom. The van der Waals surface area contributed by atoms with Crippen molar-refractivity contribution in [3.8, 4) is 28.2 Å². The number of aliphatic hydroxyl groups excluding tert-OH is 5. The summed E-state index contributed by atoms with van der Waals surface area (Å²) >= 11 is 0. The van der Waals surface area contributed by atoms with Crippen LogP contribution in [0.2, 0.25) is 0 Å². The quantitative estimate of drug-likeness (QED) is 0.0118. The number of ether oxygens (including phenoxy) is 3. The number of fused-ring (bicyclic) bond motifs is 2. The maximum absolute atomic E-state index is 13.9. The minimum Gasteiger partial charge on any atom is -0.508 e. The highest BCUT2D eigenvalue weighted by Gasteiger charge is 2.50. The molecular weight excluding hydrogens is 1350 g/mol. The van der Waals surface area contributed by atoms with E-state index in [-0.39, 0.29) is 53.9 Å². The van der Waals surface area contributed by atoms with Gasteiger partial charge in [0.2, 0.25) is 29.5 Å².